The summed E-state index contributed by atoms with van der Waals surface area (Å²) in [5, 5.41) is 15.4. The quantitative estimate of drug-likeness (QED) is 0.798. The Labute approximate surface area is 117 Å². The van der Waals surface area contributed by atoms with E-state index in [1.807, 2.05) is 30.3 Å². The summed E-state index contributed by atoms with van der Waals surface area (Å²) >= 11 is 0. The van der Waals surface area contributed by atoms with Crippen LogP contribution >= 0.6 is 0 Å². The van der Waals surface area contributed by atoms with Crippen molar-refractivity contribution in [3.05, 3.63) is 64.7 Å². The summed E-state index contributed by atoms with van der Waals surface area (Å²) in [6.07, 6.45) is 0. The number of fused-ring (bicyclic) bond motifs is 1. The third-order valence-corrected chi connectivity index (χ3v) is 3.54. The number of carbonyl (C=O) groups is 1. The zero-order valence-electron chi connectivity index (χ0n) is 11.0. The van der Waals surface area contributed by atoms with Crippen molar-refractivity contribution in [2.75, 3.05) is 5.32 Å². The first-order chi connectivity index (χ1) is 9.78. The minimum atomic E-state index is -0.152. The van der Waals surface area contributed by atoms with Gasteiger partial charge in [0, 0.05) is 29.9 Å². The first-order valence-electron chi connectivity index (χ1n) is 6.60. The molecule has 2 aromatic rings. The summed E-state index contributed by atoms with van der Waals surface area (Å²) in [4.78, 5) is 12.3. The SMILES string of the molecule is O=C(Nc1ccccc1CO)c1ccc2c(c1)CNC2. The largest absolute Gasteiger partial charge is 0.392 e. The molecule has 3 N–H and O–H groups in total. The summed E-state index contributed by atoms with van der Waals surface area (Å²) in [7, 11) is 0. The molecule has 1 aliphatic heterocycles. The average molecular weight is 268 g/mol. The number of aliphatic hydroxyl groups excluding tert-OH is 1. The number of aliphatic hydroxyl groups is 1. The molecule has 102 valence electrons. The minimum Gasteiger partial charge on any atom is -0.392 e. The molecule has 20 heavy (non-hydrogen) atoms. The van der Waals surface area contributed by atoms with Gasteiger partial charge in [0.15, 0.2) is 0 Å². The summed E-state index contributed by atoms with van der Waals surface area (Å²) in [6, 6.07) is 13.0. The molecule has 0 radical (unpaired) electrons. The highest BCUT2D eigenvalue weighted by Gasteiger charge is 2.14. The molecule has 0 atom stereocenters. The van der Waals surface area contributed by atoms with Gasteiger partial charge in [0.25, 0.3) is 5.91 Å². The van der Waals surface area contributed by atoms with Gasteiger partial charge in [0.1, 0.15) is 0 Å². The maximum absolute atomic E-state index is 12.3. The fourth-order valence-corrected chi connectivity index (χ4v) is 2.41. The molecule has 4 heteroatoms. The predicted molar refractivity (Wildman–Crippen MR) is 77.3 cm³/mol. The Kier molecular flexibility index (Phi) is 3.50. The van der Waals surface area contributed by atoms with Crippen LogP contribution in [0.5, 0.6) is 0 Å². The van der Waals surface area contributed by atoms with Crippen LogP contribution in [0.15, 0.2) is 42.5 Å². The average Bonchev–Trinajstić information content (AvgIpc) is 2.95. The lowest BCUT2D eigenvalue weighted by atomic mass is 10.1. The van der Waals surface area contributed by atoms with E-state index in [9.17, 15) is 9.90 Å². The summed E-state index contributed by atoms with van der Waals surface area (Å²) in [5.74, 6) is -0.152. The lowest BCUT2D eigenvalue weighted by Crippen LogP contribution is -2.13. The van der Waals surface area contributed by atoms with Crippen LogP contribution in [0, 0.1) is 0 Å². The van der Waals surface area contributed by atoms with E-state index in [1.165, 1.54) is 11.1 Å². The smallest absolute Gasteiger partial charge is 0.255 e. The van der Waals surface area contributed by atoms with Gasteiger partial charge in [-0.2, -0.15) is 0 Å². The van der Waals surface area contributed by atoms with Crippen molar-refractivity contribution in [2.24, 2.45) is 0 Å². The molecule has 0 aromatic heterocycles. The molecule has 0 aliphatic carbocycles. The van der Waals surface area contributed by atoms with Crippen molar-refractivity contribution in [2.45, 2.75) is 19.7 Å². The molecule has 2 aromatic carbocycles. The summed E-state index contributed by atoms with van der Waals surface area (Å²) in [5.41, 5.74) is 4.42. The van der Waals surface area contributed by atoms with Crippen LogP contribution in [0.1, 0.15) is 27.0 Å². The van der Waals surface area contributed by atoms with Crippen LogP contribution in [0.3, 0.4) is 0 Å². The molecular formula is C16H16N2O2. The van der Waals surface area contributed by atoms with Crippen molar-refractivity contribution < 1.29 is 9.90 Å². The van der Waals surface area contributed by atoms with Gasteiger partial charge in [-0.15, -0.1) is 0 Å². The Morgan fingerprint density at radius 1 is 1.15 bits per heavy atom. The van der Waals surface area contributed by atoms with E-state index < -0.39 is 0 Å². The number of hydrogen-bond acceptors (Lipinski definition) is 3. The fourth-order valence-electron chi connectivity index (χ4n) is 2.41. The predicted octanol–water partition coefficient (Wildman–Crippen LogP) is 2.03. The van der Waals surface area contributed by atoms with Crippen molar-refractivity contribution in [3.63, 3.8) is 0 Å². The number of benzene rings is 2. The molecule has 0 unspecified atom stereocenters. The molecule has 0 saturated carbocycles. The van der Waals surface area contributed by atoms with E-state index in [4.69, 9.17) is 0 Å². The normalized spacial score (nSPS) is 13.1. The second-order valence-electron chi connectivity index (χ2n) is 4.86. The molecule has 0 fully saturated rings. The molecule has 4 nitrogen and oxygen atoms in total. The molecule has 3 rings (SSSR count). The molecule has 0 bridgehead atoms. The zero-order valence-corrected chi connectivity index (χ0v) is 11.0. The maximum Gasteiger partial charge on any atom is 0.255 e. The van der Waals surface area contributed by atoms with Crippen molar-refractivity contribution in [1.82, 2.24) is 5.32 Å². The van der Waals surface area contributed by atoms with Crippen LogP contribution in [-0.4, -0.2) is 11.0 Å². The van der Waals surface area contributed by atoms with Crippen LogP contribution in [0.4, 0.5) is 5.69 Å². The molecule has 1 amide bonds. The van der Waals surface area contributed by atoms with E-state index in [0.717, 1.165) is 13.1 Å². The molecule has 1 heterocycles. The van der Waals surface area contributed by atoms with E-state index in [0.29, 0.717) is 16.8 Å². The Hall–Kier alpha value is -2.17. The number of nitrogens with one attached hydrogen (secondary N) is 2. The molecule has 1 aliphatic rings. The number of anilines is 1. The van der Waals surface area contributed by atoms with Crippen LogP contribution < -0.4 is 10.6 Å². The van der Waals surface area contributed by atoms with Crippen LogP contribution in [0.25, 0.3) is 0 Å². The van der Waals surface area contributed by atoms with Gasteiger partial charge in [0.2, 0.25) is 0 Å². The van der Waals surface area contributed by atoms with Crippen molar-refractivity contribution >= 4 is 11.6 Å². The van der Waals surface area contributed by atoms with Gasteiger partial charge in [0.05, 0.1) is 6.61 Å². The third kappa shape index (κ3) is 2.43. The highest BCUT2D eigenvalue weighted by molar-refractivity contribution is 6.04. The number of carbonyl (C=O) groups excluding carboxylic acids is 1. The second kappa shape index (κ2) is 5.45. The van der Waals surface area contributed by atoms with Crippen molar-refractivity contribution in [3.8, 4) is 0 Å². The highest BCUT2D eigenvalue weighted by Crippen LogP contribution is 2.19. The lowest BCUT2D eigenvalue weighted by Gasteiger charge is -2.10. The minimum absolute atomic E-state index is 0.0927. The van der Waals surface area contributed by atoms with Gasteiger partial charge in [-0.3, -0.25) is 4.79 Å². The second-order valence-corrected chi connectivity index (χ2v) is 4.86. The van der Waals surface area contributed by atoms with Crippen LogP contribution in [0.2, 0.25) is 0 Å². The number of rotatable bonds is 3. The van der Waals surface area contributed by atoms with E-state index in [1.54, 1.807) is 12.1 Å². The Balaban J connectivity index is 1.83. The third-order valence-electron chi connectivity index (χ3n) is 3.54. The lowest BCUT2D eigenvalue weighted by molar-refractivity contribution is 0.102. The van der Waals surface area contributed by atoms with E-state index >= 15 is 0 Å². The van der Waals surface area contributed by atoms with Gasteiger partial charge in [-0.1, -0.05) is 24.3 Å². The first kappa shape index (κ1) is 12.8. The number of para-hydroxylation sites is 1. The summed E-state index contributed by atoms with van der Waals surface area (Å²) < 4.78 is 0. The molecular weight excluding hydrogens is 252 g/mol. The molecule has 0 saturated heterocycles. The Morgan fingerprint density at radius 3 is 2.80 bits per heavy atom. The fraction of sp³-hybridized carbons (Fsp3) is 0.188. The van der Waals surface area contributed by atoms with Gasteiger partial charge in [-0.05, 0) is 29.3 Å². The first-order valence-corrected chi connectivity index (χ1v) is 6.60. The van der Waals surface area contributed by atoms with Gasteiger partial charge in [-0.25, -0.2) is 0 Å². The molecule has 0 spiro atoms. The number of amides is 1. The topological polar surface area (TPSA) is 61.4 Å². The zero-order chi connectivity index (χ0) is 13.9. The van der Waals surface area contributed by atoms with E-state index in [-0.39, 0.29) is 12.5 Å². The monoisotopic (exact) mass is 268 g/mol. The van der Waals surface area contributed by atoms with Crippen LogP contribution in [-0.2, 0) is 19.7 Å². The standard InChI is InChI=1S/C16H16N2O2/c19-10-13-3-1-2-4-15(13)18-16(20)11-5-6-12-8-17-9-14(12)7-11/h1-7,17,19H,8-10H2,(H,18,20). The summed E-state index contributed by atoms with van der Waals surface area (Å²) in [6.45, 7) is 1.58. The maximum atomic E-state index is 12.3. The van der Waals surface area contributed by atoms with Gasteiger partial charge < -0.3 is 15.7 Å². The van der Waals surface area contributed by atoms with E-state index in [2.05, 4.69) is 10.6 Å². The van der Waals surface area contributed by atoms with Gasteiger partial charge >= 0.3 is 0 Å². The van der Waals surface area contributed by atoms with Crippen molar-refractivity contribution in [1.29, 1.82) is 0 Å². The highest BCUT2D eigenvalue weighted by atomic mass is 16.3. The number of hydrogen-bond donors (Lipinski definition) is 3. The Bertz CT molecular complexity index is 653. The Morgan fingerprint density at radius 2 is 1.95 bits per heavy atom.